The molecule has 0 bridgehead atoms. The van der Waals surface area contributed by atoms with Gasteiger partial charge >= 0.3 is 0 Å². The number of aromatic nitrogens is 2. The van der Waals surface area contributed by atoms with Crippen molar-refractivity contribution in [3.63, 3.8) is 0 Å². The number of nitrogens with one attached hydrogen (secondary N) is 1. The molecule has 2 rings (SSSR count). The topological polar surface area (TPSA) is 64.0 Å². The lowest BCUT2D eigenvalue weighted by atomic mass is 10.3. The first-order valence-electron chi connectivity index (χ1n) is 6.39. The first-order chi connectivity index (χ1) is 9.00. The molecule has 0 saturated heterocycles. The summed E-state index contributed by atoms with van der Waals surface area (Å²) in [5.41, 5.74) is 0.939. The average molecular weight is 281 g/mol. The summed E-state index contributed by atoms with van der Waals surface area (Å²) in [6.45, 7) is 4.55. The first kappa shape index (κ1) is 14.0. The molecule has 0 aliphatic carbocycles. The Kier molecular flexibility index (Phi) is 4.21. The summed E-state index contributed by atoms with van der Waals surface area (Å²) < 4.78 is 27.8. The van der Waals surface area contributed by atoms with Crippen molar-refractivity contribution in [3.8, 4) is 0 Å². The van der Waals surface area contributed by atoms with Gasteiger partial charge in [0.25, 0.3) is 0 Å². The Morgan fingerprint density at radius 1 is 1.37 bits per heavy atom. The first-order valence-corrected chi connectivity index (χ1v) is 7.93. The highest BCUT2D eigenvalue weighted by Crippen LogP contribution is 2.12. The van der Waals surface area contributed by atoms with Gasteiger partial charge in [-0.15, -0.1) is 0 Å². The quantitative estimate of drug-likeness (QED) is 0.821. The molecule has 104 valence electrons. The van der Waals surface area contributed by atoms with Crippen molar-refractivity contribution in [2.45, 2.75) is 32.1 Å². The molecule has 19 heavy (non-hydrogen) atoms. The Labute approximate surface area is 113 Å². The molecule has 0 aromatic carbocycles. The van der Waals surface area contributed by atoms with E-state index < -0.39 is 10.0 Å². The molecule has 2 heterocycles. The Bertz CT molecular complexity index is 647. The number of pyridine rings is 1. The second kappa shape index (κ2) is 5.71. The van der Waals surface area contributed by atoms with Crippen molar-refractivity contribution in [2.75, 3.05) is 6.54 Å². The van der Waals surface area contributed by atoms with Crippen LogP contribution in [0, 0.1) is 0 Å². The molecule has 2 aromatic heterocycles. The molecule has 0 unspecified atom stereocenters. The minimum Gasteiger partial charge on any atom is -0.332 e. The molecule has 0 radical (unpaired) electrons. The smallest absolute Gasteiger partial charge is 0.213 e. The maximum absolute atomic E-state index is 11.6. The van der Waals surface area contributed by atoms with Crippen LogP contribution >= 0.6 is 0 Å². The lowest BCUT2D eigenvalue weighted by Gasteiger charge is -2.09. The van der Waals surface area contributed by atoms with Crippen LogP contribution in [0.25, 0.3) is 11.0 Å². The summed E-state index contributed by atoms with van der Waals surface area (Å²) in [4.78, 5) is 4.32. The lowest BCUT2D eigenvalue weighted by molar-refractivity contribution is 0.563. The van der Waals surface area contributed by atoms with E-state index in [9.17, 15) is 8.42 Å². The summed E-state index contributed by atoms with van der Waals surface area (Å²) in [6, 6.07) is 5.93. The third kappa shape index (κ3) is 3.33. The number of hydrogen-bond acceptors (Lipinski definition) is 3. The van der Waals surface area contributed by atoms with Crippen molar-refractivity contribution in [2.24, 2.45) is 0 Å². The molecule has 0 atom stereocenters. The van der Waals surface area contributed by atoms with Gasteiger partial charge in [-0.2, -0.15) is 0 Å². The lowest BCUT2D eigenvalue weighted by Crippen LogP contribution is -2.31. The van der Waals surface area contributed by atoms with Crippen molar-refractivity contribution < 1.29 is 8.42 Å². The van der Waals surface area contributed by atoms with E-state index in [4.69, 9.17) is 0 Å². The Morgan fingerprint density at radius 3 is 2.89 bits per heavy atom. The summed E-state index contributed by atoms with van der Waals surface area (Å²) in [5, 5.41) is 0.715. The summed E-state index contributed by atoms with van der Waals surface area (Å²) in [7, 11) is -3.16. The molecular weight excluding hydrogens is 262 g/mol. The molecule has 0 aliphatic rings. The highest BCUT2D eigenvalue weighted by atomic mass is 32.2. The second-order valence-electron chi connectivity index (χ2n) is 4.77. The van der Waals surface area contributed by atoms with Crippen LogP contribution in [0.3, 0.4) is 0 Å². The van der Waals surface area contributed by atoms with Crippen molar-refractivity contribution in [1.29, 1.82) is 0 Å². The SMILES string of the molecule is CC(C)S(=O)(=O)NCCCn1ccc2cccnc21. The van der Waals surface area contributed by atoms with E-state index in [0.29, 0.717) is 6.54 Å². The molecule has 1 N–H and O–H groups in total. The number of nitrogens with zero attached hydrogens (tertiary/aromatic N) is 2. The van der Waals surface area contributed by atoms with Crippen LogP contribution in [-0.2, 0) is 16.6 Å². The Morgan fingerprint density at radius 2 is 2.16 bits per heavy atom. The summed E-state index contributed by atoms with van der Waals surface area (Å²) >= 11 is 0. The van der Waals surface area contributed by atoms with E-state index in [1.807, 2.05) is 29.0 Å². The maximum atomic E-state index is 11.6. The zero-order valence-corrected chi connectivity index (χ0v) is 12.0. The minimum absolute atomic E-state index is 0.387. The van der Waals surface area contributed by atoms with Crippen molar-refractivity contribution >= 4 is 21.1 Å². The molecule has 0 spiro atoms. The Balaban J connectivity index is 1.90. The van der Waals surface area contributed by atoms with E-state index in [2.05, 4.69) is 9.71 Å². The second-order valence-corrected chi connectivity index (χ2v) is 7.09. The molecular formula is C13H19N3O2S. The number of aryl methyl sites for hydroxylation is 1. The molecule has 0 aliphatic heterocycles. The van der Waals surface area contributed by atoms with Crippen LogP contribution in [0.2, 0.25) is 0 Å². The van der Waals surface area contributed by atoms with Crippen LogP contribution < -0.4 is 4.72 Å². The monoisotopic (exact) mass is 281 g/mol. The number of hydrogen-bond donors (Lipinski definition) is 1. The van der Waals surface area contributed by atoms with Crippen LogP contribution in [0.5, 0.6) is 0 Å². The Hall–Kier alpha value is -1.40. The van der Waals surface area contributed by atoms with Crippen LogP contribution in [0.4, 0.5) is 0 Å². The molecule has 6 heteroatoms. The minimum atomic E-state index is -3.16. The van der Waals surface area contributed by atoms with Crippen molar-refractivity contribution in [1.82, 2.24) is 14.3 Å². The van der Waals surface area contributed by atoms with Gasteiger partial charge in [0.05, 0.1) is 5.25 Å². The van der Waals surface area contributed by atoms with Gasteiger partial charge in [0, 0.05) is 30.9 Å². The van der Waals surface area contributed by atoms with Gasteiger partial charge in [0.15, 0.2) is 0 Å². The highest BCUT2D eigenvalue weighted by molar-refractivity contribution is 7.90. The van der Waals surface area contributed by atoms with Crippen LogP contribution in [0.15, 0.2) is 30.6 Å². The molecule has 0 fully saturated rings. The van der Waals surface area contributed by atoms with Gasteiger partial charge in [-0.25, -0.2) is 18.1 Å². The van der Waals surface area contributed by atoms with Gasteiger partial charge < -0.3 is 4.57 Å². The zero-order valence-electron chi connectivity index (χ0n) is 11.2. The summed E-state index contributed by atoms with van der Waals surface area (Å²) in [5.74, 6) is 0. The van der Waals surface area contributed by atoms with E-state index in [-0.39, 0.29) is 5.25 Å². The predicted octanol–water partition coefficient (Wildman–Crippen LogP) is 1.75. The van der Waals surface area contributed by atoms with Gasteiger partial charge in [0.1, 0.15) is 5.65 Å². The average Bonchev–Trinajstić information content (AvgIpc) is 2.78. The number of sulfonamides is 1. The third-order valence-corrected chi connectivity index (χ3v) is 4.87. The van der Waals surface area contributed by atoms with Gasteiger partial charge in [0.2, 0.25) is 10.0 Å². The van der Waals surface area contributed by atoms with Crippen molar-refractivity contribution in [3.05, 3.63) is 30.6 Å². The van der Waals surface area contributed by atoms with E-state index in [1.165, 1.54) is 0 Å². The number of fused-ring (bicyclic) bond motifs is 1. The molecule has 5 nitrogen and oxygen atoms in total. The van der Waals surface area contributed by atoms with Crippen LogP contribution in [-0.4, -0.2) is 29.8 Å². The standard InChI is InChI=1S/C13H19N3O2S/c1-11(2)19(17,18)15-8-4-9-16-10-6-12-5-3-7-14-13(12)16/h3,5-7,10-11,15H,4,8-9H2,1-2H3. The fraction of sp³-hybridized carbons (Fsp3) is 0.462. The zero-order chi connectivity index (χ0) is 13.9. The van der Waals surface area contributed by atoms with Gasteiger partial charge in [-0.05, 0) is 38.5 Å². The highest BCUT2D eigenvalue weighted by Gasteiger charge is 2.14. The molecule has 0 saturated carbocycles. The fourth-order valence-electron chi connectivity index (χ4n) is 1.83. The largest absolute Gasteiger partial charge is 0.332 e. The van der Waals surface area contributed by atoms with Crippen LogP contribution in [0.1, 0.15) is 20.3 Å². The van der Waals surface area contributed by atoms with Gasteiger partial charge in [-0.3, -0.25) is 0 Å². The molecule has 0 amide bonds. The fourth-order valence-corrected chi connectivity index (χ4v) is 2.59. The predicted molar refractivity (Wildman–Crippen MR) is 76.4 cm³/mol. The van der Waals surface area contributed by atoms with E-state index in [0.717, 1.165) is 24.0 Å². The molecule has 2 aromatic rings. The van der Waals surface area contributed by atoms with E-state index in [1.54, 1.807) is 20.0 Å². The normalized spacial score (nSPS) is 12.4. The maximum Gasteiger partial charge on any atom is 0.213 e. The third-order valence-electron chi connectivity index (χ3n) is 3.02. The van der Waals surface area contributed by atoms with Gasteiger partial charge in [-0.1, -0.05) is 0 Å². The number of rotatable bonds is 6. The van der Waals surface area contributed by atoms with E-state index >= 15 is 0 Å². The summed E-state index contributed by atoms with van der Waals surface area (Å²) in [6.07, 6.45) is 4.49.